The molecule has 0 saturated carbocycles. The molecule has 1 aliphatic rings. The Kier molecular flexibility index (Phi) is 6.33. The number of benzene rings is 3. The Morgan fingerprint density at radius 3 is 2.09 bits per heavy atom. The number of nitrogens with one attached hydrogen (secondary N) is 1. The number of nitrogens with zero attached hydrogens (tertiary/aromatic N) is 1. The van der Waals surface area contributed by atoms with Gasteiger partial charge in [0.25, 0.3) is 11.8 Å². The number of anilines is 2. The zero-order valence-corrected chi connectivity index (χ0v) is 19.2. The summed E-state index contributed by atoms with van der Waals surface area (Å²) >= 11 is 1.21. The van der Waals surface area contributed by atoms with Crippen LogP contribution in [-0.2, 0) is 14.3 Å². The Bertz CT molecular complexity index is 1190. The van der Waals surface area contributed by atoms with E-state index in [4.69, 9.17) is 4.74 Å². The van der Waals surface area contributed by atoms with E-state index in [1.54, 1.807) is 18.2 Å². The maximum Gasteiger partial charge on any atom is 0.339 e. The van der Waals surface area contributed by atoms with E-state index in [9.17, 15) is 14.4 Å². The molecule has 1 aliphatic heterocycles. The number of carbonyl (C=O) groups excluding carboxylic acids is 3. The van der Waals surface area contributed by atoms with Gasteiger partial charge in [0, 0.05) is 10.6 Å². The van der Waals surface area contributed by atoms with Crippen LogP contribution >= 0.6 is 11.8 Å². The molecule has 0 saturated heterocycles. The van der Waals surface area contributed by atoms with E-state index in [-0.39, 0.29) is 21.9 Å². The molecular weight excluding hydrogens is 436 g/mol. The summed E-state index contributed by atoms with van der Waals surface area (Å²) in [6, 6.07) is 21.6. The highest BCUT2D eigenvalue weighted by Gasteiger charge is 2.41. The van der Waals surface area contributed by atoms with Crippen molar-refractivity contribution in [2.75, 3.05) is 17.3 Å². The number of aryl methyl sites for hydroxylation is 2. The van der Waals surface area contributed by atoms with E-state index in [1.165, 1.54) is 24.9 Å². The number of carbonyl (C=O) groups is 3. The fraction of sp³-hybridized carbons (Fsp3) is 0.115. The highest BCUT2D eigenvalue weighted by molar-refractivity contribution is 8.04. The Balaban J connectivity index is 1.78. The summed E-state index contributed by atoms with van der Waals surface area (Å²) < 4.78 is 4.85. The summed E-state index contributed by atoms with van der Waals surface area (Å²) in [5.74, 6) is -1.66. The van der Waals surface area contributed by atoms with Crippen LogP contribution in [0, 0.1) is 13.8 Å². The number of ether oxygens (including phenoxy) is 1. The lowest BCUT2D eigenvalue weighted by molar-refractivity contribution is -0.120. The summed E-state index contributed by atoms with van der Waals surface area (Å²) in [6.07, 6.45) is 0. The molecule has 6 nitrogen and oxygen atoms in total. The largest absolute Gasteiger partial charge is 0.465 e. The number of amides is 2. The second kappa shape index (κ2) is 9.34. The van der Waals surface area contributed by atoms with Gasteiger partial charge in [0.05, 0.1) is 18.4 Å². The minimum atomic E-state index is -0.626. The number of thioether (sulfide) groups is 1. The fourth-order valence-electron chi connectivity index (χ4n) is 3.39. The van der Waals surface area contributed by atoms with Gasteiger partial charge in [0.15, 0.2) is 0 Å². The highest BCUT2D eigenvalue weighted by Crippen LogP contribution is 2.39. The van der Waals surface area contributed by atoms with Gasteiger partial charge in [-0.3, -0.25) is 9.59 Å². The molecule has 0 aromatic heterocycles. The predicted octanol–water partition coefficient (Wildman–Crippen LogP) is 5.08. The zero-order chi connectivity index (χ0) is 23.5. The van der Waals surface area contributed by atoms with Crippen LogP contribution in [0.1, 0.15) is 21.5 Å². The third-order valence-electron chi connectivity index (χ3n) is 5.15. The molecule has 0 atom stereocenters. The topological polar surface area (TPSA) is 75.7 Å². The molecule has 2 amide bonds. The molecule has 1 N–H and O–H groups in total. The van der Waals surface area contributed by atoms with Crippen LogP contribution in [0.2, 0.25) is 0 Å². The molecule has 0 radical (unpaired) electrons. The zero-order valence-electron chi connectivity index (χ0n) is 18.4. The first-order valence-electron chi connectivity index (χ1n) is 10.3. The minimum absolute atomic E-state index is 0.137. The fourth-order valence-corrected chi connectivity index (χ4v) is 4.32. The maximum absolute atomic E-state index is 13.5. The van der Waals surface area contributed by atoms with Crippen LogP contribution in [0.4, 0.5) is 11.4 Å². The van der Waals surface area contributed by atoms with Crippen molar-refractivity contribution in [3.05, 3.63) is 100 Å². The number of hydrogen-bond acceptors (Lipinski definition) is 6. The first-order chi connectivity index (χ1) is 15.9. The summed E-state index contributed by atoms with van der Waals surface area (Å²) in [7, 11) is 1.26. The van der Waals surface area contributed by atoms with E-state index in [0.29, 0.717) is 5.69 Å². The number of methoxy groups -OCH3 is 1. The molecule has 3 aromatic carbocycles. The number of para-hydroxylation sites is 1. The highest BCUT2D eigenvalue weighted by atomic mass is 32.2. The summed E-state index contributed by atoms with van der Waals surface area (Å²) in [5, 5.41) is 3.12. The standard InChI is InChI=1S/C26H22N2O4S/c1-16-8-12-18(13-9-16)27-22-23(33-19-14-10-17(2)11-15-19)25(30)28(24(22)29)21-7-5-4-6-20(21)26(31)32-3/h4-15,27H,1-3H3. The van der Waals surface area contributed by atoms with Crippen LogP contribution in [-0.4, -0.2) is 24.9 Å². The molecule has 166 valence electrons. The van der Waals surface area contributed by atoms with Crippen LogP contribution < -0.4 is 10.2 Å². The molecule has 7 heteroatoms. The number of imide groups is 1. The van der Waals surface area contributed by atoms with Gasteiger partial charge in [0.2, 0.25) is 0 Å². The van der Waals surface area contributed by atoms with E-state index in [1.807, 2.05) is 62.4 Å². The lowest BCUT2D eigenvalue weighted by Crippen LogP contribution is -2.33. The lowest BCUT2D eigenvalue weighted by atomic mass is 10.1. The first kappa shape index (κ1) is 22.4. The van der Waals surface area contributed by atoms with Crippen LogP contribution in [0.15, 0.2) is 88.3 Å². The Hall–Kier alpha value is -3.84. The van der Waals surface area contributed by atoms with E-state index < -0.39 is 17.8 Å². The minimum Gasteiger partial charge on any atom is -0.465 e. The second-order valence-electron chi connectivity index (χ2n) is 7.56. The van der Waals surface area contributed by atoms with Crippen LogP contribution in [0.3, 0.4) is 0 Å². The maximum atomic E-state index is 13.5. The normalized spacial score (nSPS) is 13.5. The molecule has 3 aromatic rings. The predicted molar refractivity (Wildman–Crippen MR) is 129 cm³/mol. The molecular formula is C26H22N2O4S. The summed E-state index contributed by atoms with van der Waals surface area (Å²) in [6.45, 7) is 3.95. The number of rotatable bonds is 6. The molecule has 1 heterocycles. The quantitative estimate of drug-likeness (QED) is 0.410. The van der Waals surface area contributed by atoms with Gasteiger partial charge in [-0.15, -0.1) is 0 Å². The third-order valence-corrected chi connectivity index (χ3v) is 6.24. The van der Waals surface area contributed by atoms with Crippen molar-refractivity contribution in [3.8, 4) is 0 Å². The van der Waals surface area contributed by atoms with Gasteiger partial charge in [-0.2, -0.15) is 0 Å². The Labute approximate surface area is 196 Å². The Morgan fingerprint density at radius 2 is 1.45 bits per heavy atom. The SMILES string of the molecule is COC(=O)c1ccccc1N1C(=O)C(Nc2ccc(C)cc2)=C(Sc2ccc(C)cc2)C1=O. The first-order valence-corrected chi connectivity index (χ1v) is 11.1. The average Bonchev–Trinajstić information content (AvgIpc) is 3.05. The van der Waals surface area contributed by atoms with Crippen molar-refractivity contribution in [3.63, 3.8) is 0 Å². The second-order valence-corrected chi connectivity index (χ2v) is 8.65. The van der Waals surface area contributed by atoms with Gasteiger partial charge in [0.1, 0.15) is 10.6 Å². The van der Waals surface area contributed by atoms with Crippen LogP contribution in [0.25, 0.3) is 0 Å². The molecule has 0 fully saturated rings. The number of esters is 1. The summed E-state index contributed by atoms with van der Waals surface area (Å²) in [4.78, 5) is 41.5. The van der Waals surface area contributed by atoms with Gasteiger partial charge >= 0.3 is 5.97 Å². The van der Waals surface area contributed by atoms with Crippen molar-refractivity contribution in [2.45, 2.75) is 18.7 Å². The number of hydrogen-bond donors (Lipinski definition) is 1. The third kappa shape index (κ3) is 4.54. The van der Waals surface area contributed by atoms with Gasteiger partial charge in [-0.05, 0) is 50.2 Å². The Morgan fingerprint density at radius 1 is 0.848 bits per heavy atom. The van der Waals surface area contributed by atoms with Gasteiger partial charge in [-0.25, -0.2) is 9.69 Å². The van der Waals surface area contributed by atoms with Crippen molar-refractivity contribution >= 4 is 40.9 Å². The lowest BCUT2D eigenvalue weighted by Gasteiger charge is -2.18. The van der Waals surface area contributed by atoms with E-state index in [2.05, 4.69) is 5.32 Å². The molecule has 0 bridgehead atoms. The van der Waals surface area contributed by atoms with Gasteiger partial charge in [-0.1, -0.05) is 59.3 Å². The van der Waals surface area contributed by atoms with Crippen molar-refractivity contribution in [1.29, 1.82) is 0 Å². The average molecular weight is 459 g/mol. The molecule has 33 heavy (non-hydrogen) atoms. The van der Waals surface area contributed by atoms with Gasteiger partial charge < -0.3 is 10.1 Å². The molecule has 4 rings (SSSR count). The van der Waals surface area contributed by atoms with E-state index >= 15 is 0 Å². The monoisotopic (exact) mass is 458 g/mol. The molecule has 0 spiro atoms. The van der Waals surface area contributed by atoms with Crippen molar-refractivity contribution in [2.24, 2.45) is 0 Å². The van der Waals surface area contributed by atoms with Crippen molar-refractivity contribution in [1.82, 2.24) is 0 Å². The summed E-state index contributed by atoms with van der Waals surface area (Å²) in [5.41, 5.74) is 3.33. The van der Waals surface area contributed by atoms with Crippen LogP contribution in [0.5, 0.6) is 0 Å². The molecule has 0 aliphatic carbocycles. The van der Waals surface area contributed by atoms with E-state index in [0.717, 1.165) is 20.9 Å². The van der Waals surface area contributed by atoms with Crippen molar-refractivity contribution < 1.29 is 19.1 Å². The molecule has 0 unspecified atom stereocenters. The smallest absolute Gasteiger partial charge is 0.339 e.